The highest BCUT2D eigenvalue weighted by Gasteiger charge is 2.55. The van der Waals surface area contributed by atoms with Crippen LogP contribution in [0, 0.1) is 5.92 Å². The van der Waals surface area contributed by atoms with Crippen LogP contribution in [-0.4, -0.2) is 58.9 Å². The van der Waals surface area contributed by atoms with Crippen LogP contribution in [0.3, 0.4) is 0 Å². The van der Waals surface area contributed by atoms with Crippen molar-refractivity contribution < 1.29 is 4.79 Å². The molecule has 1 atom stereocenters. The fraction of sp³-hybridized carbons (Fsp3) is 0.588. The average molecular weight is 304 g/mol. The Morgan fingerprint density at radius 3 is 2.32 bits per heavy atom. The normalized spacial score (nSPS) is 20.2. The van der Waals surface area contributed by atoms with Gasteiger partial charge < -0.3 is 20.4 Å². The van der Waals surface area contributed by atoms with Crippen molar-refractivity contribution in [3.05, 3.63) is 37.3 Å². The molecule has 2 fully saturated rings. The molecular formula is C17H28N4O. The zero-order chi connectivity index (χ0) is 16.7. The van der Waals surface area contributed by atoms with Crippen LogP contribution in [0.1, 0.15) is 20.3 Å². The van der Waals surface area contributed by atoms with E-state index in [0.717, 1.165) is 31.9 Å². The molecule has 2 heterocycles. The second kappa shape index (κ2) is 5.71. The molecule has 2 saturated heterocycles. The summed E-state index contributed by atoms with van der Waals surface area (Å²) in [5.74, 6) is 1.33. The van der Waals surface area contributed by atoms with Crippen molar-refractivity contribution in [2.45, 2.75) is 31.8 Å². The van der Waals surface area contributed by atoms with Gasteiger partial charge in [-0.2, -0.15) is 0 Å². The van der Waals surface area contributed by atoms with Crippen molar-refractivity contribution in [3.63, 3.8) is 0 Å². The minimum Gasteiger partial charge on any atom is -0.401 e. The van der Waals surface area contributed by atoms with Crippen molar-refractivity contribution in [1.82, 2.24) is 14.7 Å². The van der Waals surface area contributed by atoms with Gasteiger partial charge in [0.2, 0.25) is 5.91 Å². The lowest BCUT2D eigenvalue weighted by Crippen LogP contribution is -2.77. The first-order valence-electron chi connectivity index (χ1n) is 7.78. The van der Waals surface area contributed by atoms with Gasteiger partial charge in [0.15, 0.2) is 0 Å². The van der Waals surface area contributed by atoms with E-state index in [4.69, 9.17) is 5.73 Å². The van der Waals surface area contributed by atoms with E-state index in [1.165, 1.54) is 6.08 Å². The monoisotopic (exact) mass is 304 g/mol. The van der Waals surface area contributed by atoms with E-state index in [-0.39, 0.29) is 17.5 Å². The van der Waals surface area contributed by atoms with Crippen LogP contribution in [0.2, 0.25) is 0 Å². The van der Waals surface area contributed by atoms with E-state index in [2.05, 4.69) is 43.4 Å². The molecule has 2 rings (SSSR count). The lowest BCUT2D eigenvalue weighted by atomic mass is 9.77. The molecule has 0 aliphatic carbocycles. The van der Waals surface area contributed by atoms with Gasteiger partial charge >= 0.3 is 0 Å². The van der Waals surface area contributed by atoms with E-state index in [1.807, 2.05) is 11.9 Å². The summed E-state index contributed by atoms with van der Waals surface area (Å²) in [7, 11) is 2.00. The van der Waals surface area contributed by atoms with Crippen LogP contribution in [0.15, 0.2) is 37.3 Å². The van der Waals surface area contributed by atoms with Gasteiger partial charge in [-0.1, -0.05) is 33.6 Å². The molecule has 22 heavy (non-hydrogen) atoms. The summed E-state index contributed by atoms with van der Waals surface area (Å²) in [5.41, 5.74) is 6.59. The summed E-state index contributed by atoms with van der Waals surface area (Å²) in [6.07, 6.45) is 2.45. The summed E-state index contributed by atoms with van der Waals surface area (Å²) in [6.45, 7) is 18.4. The van der Waals surface area contributed by atoms with Crippen molar-refractivity contribution >= 4 is 5.91 Å². The maximum atomic E-state index is 11.8. The molecule has 5 nitrogen and oxygen atoms in total. The minimum absolute atomic E-state index is 0.0118. The van der Waals surface area contributed by atoms with Crippen molar-refractivity contribution in [3.8, 4) is 0 Å². The van der Waals surface area contributed by atoms with Gasteiger partial charge in [0.05, 0.1) is 17.4 Å². The molecule has 0 radical (unpaired) electrons. The lowest BCUT2D eigenvalue weighted by Gasteiger charge is -2.64. The van der Waals surface area contributed by atoms with Crippen molar-refractivity contribution in [1.29, 1.82) is 0 Å². The Morgan fingerprint density at radius 1 is 1.36 bits per heavy atom. The van der Waals surface area contributed by atoms with Crippen LogP contribution in [0.5, 0.6) is 0 Å². The predicted octanol–water partition coefficient (Wildman–Crippen LogP) is 1.36. The third kappa shape index (κ3) is 2.49. The van der Waals surface area contributed by atoms with E-state index < -0.39 is 0 Å². The Bertz CT molecular complexity index is 505. The standard InChI is InChI=1S/C17H28N4O/c1-7-15(22)21-9-8-17(21)10-20(11-17)14(5)19(6)16(12(2)3)13(4)18/h7,12,16H,1,4-5,8-11,18H2,2-3,6H3. The van der Waals surface area contributed by atoms with Gasteiger partial charge in [0.1, 0.15) is 0 Å². The van der Waals surface area contributed by atoms with Crippen LogP contribution in [-0.2, 0) is 4.79 Å². The highest BCUT2D eigenvalue weighted by molar-refractivity contribution is 5.88. The number of amides is 1. The number of hydrogen-bond donors (Lipinski definition) is 1. The molecule has 2 aliphatic rings. The van der Waals surface area contributed by atoms with Gasteiger partial charge in [0, 0.05) is 32.4 Å². The number of nitrogens with zero attached hydrogens (tertiary/aromatic N) is 3. The van der Waals surface area contributed by atoms with Crippen molar-refractivity contribution in [2.24, 2.45) is 11.7 Å². The number of carbonyl (C=O) groups is 1. The number of likely N-dealkylation sites (N-methyl/N-ethyl adjacent to an activating group) is 1. The molecule has 2 aliphatic heterocycles. The number of nitrogens with two attached hydrogens (primary N) is 1. The maximum Gasteiger partial charge on any atom is 0.246 e. The smallest absolute Gasteiger partial charge is 0.246 e. The van der Waals surface area contributed by atoms with Gasteiger partial charge in [-0.05, 0) is 18.4 Å². The van der Waals surface area contributed by atoms with E-state index in [1.54, 1.807) is 0 Å². The Kier molecular flexibility index (Phi) is 4.27. The molecule has 1 spiro atoms. The van der Waals surface area contributed by atoms with Gasteiger partial charge in [-0.25, -0.2) is 0 Å². The average Bonchev–Trinajstić information content (AvgIpc) is 2.34. The van der Waals surface area contributed by atoms with E-state index >= 15 is 0 Å². The number of hydrogen-bond acceptors (Lipinski definition) is 4. The molecule has 5 heteroatoms. The van der Waals surface area contributed by atoms with Crippen LogP contribution >= 0.6 is 0 Å². The Balaban J connectivity index is 1.98. The lowest BCUT2D eigenvalue weighted by molar-refractivity contribution is -0.159. The molecule has 0 bridgehead atoms. The van der Waals surface area contributed by atoms with E-state index in [9.17, 15) is 4.79 Å². The number of rotatable bonds is 6. The highest BCUT2D eigenvalue weighted by atomic mass is 16.2. The maximum absolute atomic E-state index is 11.8. The molecule has 1 amide bonds. The summed E-state index contributed by atoms with van der Waals surface area (Å²) < 4.78 is 0. The Labute approximate surface area is 133 Å². The van der Waals surface area contributed by atoms with Crippen LogP contribution in [0.25, 0.3) is 0 Å². The molecule has 0 aromatic rings. The minimum atomic E-state index is -0.0118. The Morgan fingerprint density at radius 2 is 1.95 bits per heavy atom. The molecule has 2 N–H and O–H groups in total. The topological polar surface area (TPSA) is 52.8 Å². The van der Waals surface area contributed by atoms with Crippen LogP contribution < -0.4 is 5.73 Å². The molecule has 0 aromatic carbocycles. The first-order chi connectivity index (χ1) is 10.2. The Hall–Kier alpha value is -1.91. The first-order valence-corrected chi connectivity index (χ1v) is 7.78. The fourth-order valence-electron chi connectivity index (χ4n) is 3.68. The van der Waals surface area contributed by atoms with Gasteiger partial charge in [0.25, 0.3) is 0 Å². The number of likely N-dealkylation sites (tertiary alicyclic amines) is 2. The SMILES string of the molecule is C=CC(=O)N1CCC12CN(C(=C)N(C)C(C(=C)N)C(C)C)C2. The summed E-state index contributed by atoms with van der Waals surface area (Å²) >= 11 is 0. The van der Waals surface area contributed by atoms with Crippen molar-refractivity contribution in [2.75, 3.05) is 26.7 Å². The van der Waals surface area contributed by atoms with E-state index in [0.29, 0.717) is 11.6 Å². The third-order valence-corrected chi connectivity index (χ3v) is 4.99. The molecule has 1 unspecified atom stereocenters. The molecule has 0 saturated carbocycles. The molecule has 0 aromatic heterocycles. The number of carbonyl (C=O) groups excluding carboxylic acids is 1. The van der Waals surface area contributed by atoms with Gasteiger partial charge in [-0.3, -0.25) is 4.79 Å². The quantitative estimate of drug-likeness (QED) is 0.753. The summed E-state index contributed by atoms with van der Waals surface area (Å²) in [4.78, 5) is 18.1. The second-order valence-corrected chi connectivity index (χ2v) is 6.82. The summed E-state index contributed by atoms with van der Waals surface area (Å²) in [6, 6.07) is 0.0661. The largest absolute Gasteiger partial charge is 0.401 e. The highest BCUT2D eigenvalue weighted by Crippen LogP contribution is 2.41. The first kappa shape index (κ1) is 16.5. The predicted molar refractivity (Wildman–Crippen MR) is 89.7 cm³/mol. The zero-order valence-corrected chi connectivity index (χ0v) is 14.0. The second-order valence-electron chi connectivity index (χ2n) is 6.82. The van der Waals surface area contributed by atoms with Gasteiger partial charge in [-0.15, -0.1) is 0 Å². The third-order valence-electron chi connectivity index (χ3n) is 4.99. The molecular weight excluding hydrogens is 276 g/mol. The molecule has 122 valence electrons. The fourth-order valence-corrected chi connectivity index (χ4v) is 3.68. The summed E-state index contributed by atoms with van der Waals surface area (Å²) in [5, 5.41) is 0. The zero-order valence-electron chi connectivity index (χ0n) is 14.0. The van der Waals surface area contributed by atoms with Crippen LogP contribution in [0.4, 0.5) is 0 Å².